The molecular weight excluding hydrogens is 318 g/mol. The molecule has 0 aromatic heterocycles. The standard InChI is InChI=1S/C11H9ClF2O5S/c12-5-3-6-8(7(4-5)19-10(13)14)18-2-1-11(6,20-17)9(15)16/h3-4,10,17H,1-2H2,(H,15,16)/t11-/m0/s1. The second kappa shape index (κ2) is 5.63. The van der Waals surface area contributed by atoms with Gasteiger partial charge in [-0.05, 0) is 6.07 Å². The summed E-state index contributed by atoms with van der Waals surface area (Å²) in [6.07, 6.45) is -0.0367. The summed E-state index contributed by atoms with van der Waals surface area (Å²) in [6.45, 7) is -3.17. The summed E-state index contributed by atoms with van der Waals surface area (Å²) >= 11 is 5.89. The van der Waals surface area contributed by atoms with Crippen molar-refractivity contribution in [1.29, 1.82) is 0 Å². The summed E-state index contributed by atoms with van der Waals surface area (Å²) in [5.41, 5.74) is -0.00750. The summed E-state index contributed by atoms with van der Waals surface area (Å²) in [7, 11) is 0. The van der Waals surface area contributed by atoms with Gasteiger partial charge in [0.05, 0.1) is 6.61 Å². The van der Waals surface area contributed by atoms with Crippen molar-refractivity contribution in [2.75, 3.05) is 6.61 Å². The minimum atomic E-state index is -3.11. The molecule has 0 bridgehead atoms. The van der Waals surface area contributed by atoms with E-state index in [4.69, 9.17) is 16.3 Å². The molecule has 0 amide bonds. The molecule has 20 heavy (non-hydrogen) atoms. The molecule has 0 radical (unpaired) electrons. The summed E-state index contributed by atoms with van der Waals surface area (Å²) in [6, 6.07) is 2.36. The number of ether oxygens (including phenoxy) is 2. The molecule has 1 aromatic carbocycles. The highest BCUT2D eigenvalue weighted by Gasteiger charge is 2.47. The monoisotopic (exact) mass is 326 g/mol. The molecular formula is C11H9ClF2O5S. The van der Waals surface area contributed by atoms with Crippen LogP contribution in [0.2, 0.25) is 5.02 Å². The van der Waals surface area contributed by atoms with E-state index in [2.05, 4.69) is 4.74 Å². The van der Waals surface area contributed by atoms with Crippen LogP contribution in [0.3, 0.4) is 0 Å². The molecule has 0 aliphatic carbocycles. The third-order valence-corrected chi connectivity index (χ3v) is 4.00. The van der Waals surface area contributed by atoms with Gasteiger partial charge in [-0.1, -0.05) is 11.6 Å². The fraction of sp³-hybridized carbons (Fsp3) is 0.364. The van der Waals surface area contributed by atoms with Crippen LogP contribution in [0.15, 0.2) is 12.1 Å². The Bertz CT molecular complexity index is 542. The highest BCUT2D eigenvalue weighted by molar-refractivity contribution is 7.95. The van der Waals surface area contributed by atoms with Crippen LogP contribution in [0.4, 0.5) is 8.78 Å². The largest absolute Gasteiger partial charge is 0.489 e. The van der Waals surface area contributed by atoms with Crippen molar-refractivity contribution in [2.24, 2.45) is 0 Å². The summed E-state index contributed by atoms with van der Waals surface area (Å²) in [4.78, 5) is 11.4. The molecule has 2 rings (SSSR count). The lowest BCUT2D eigenvalue weighted by Gasteiger charge is -2.33. The van der Waals surface area contributed by atoms with Gasteiger partial charge in [0, 0.05) is 35.1 Å². The van der Waals surface area contributed by atoms with Gasteiger partial charge in [0.15, 0.2) is 16.2 Å². The predicted molar refractivity (Wildman–Crippen MR) is 67.7 cm³/mol. The Morgan fingerprint density at radius 2 is 2.25 bits per heavy atom. The Hall–Kier alpha value is -1.25. The third-order valence-electron chi connectivity index (χ3n) is 2.87. The lowest BCUT2D eigenvalue weighted by molar-refractivity contribution is -0.141. The van der Waals surface area contributed by atoms with Crippen molar-refractivity contribution in [3.63, 3.8) is 0 Å². The zero-order valence-electron chi connectivity index (χ0n) is 9.81. The van der Waals surface area contributed by atoms with Gasteiger partial charge in [-0.15, -0.1) is 0 Å². The van der Waals surface area contributed by atoms with E-state index in [9.17, 15) is 23.2 Å². The van der Waals surface area contributed by atoms with E-state index in [1.54, 1.807) is 0 Å². The Labute approximate surface area is 121 Å². The topological polar surface area (TPSA) is 76.0 Å². The molecule has 1 aromatic rings. The molecule has 5 nitrogen and oxygen atoms in total. The van der Waals surface area contributed by atoms with Gasteiger partial charge in [-0.3, -0.25) is 4.79 Å². The number of alkyl halides is 2. The van der Waals surface area contributed by atoms with E-state index in [0.717, 1.165) is 6.07 Å². The Kier molecular flexibility index (Phi) is 4.26. The van der Waals surface area contributed by atoms with E-state index in [1.165, 1.54) is 6.07 Å². The number of carboxylic acid groups (broad SMARTS) is 1. The van der Waals surface area contributed by atoms with Crippen molar-refractivity contribution < 1.29 is 32.7 Å². The van der Waals surface area contributed by atoms with Crippen molar-refractivity contribution in [3.05, 3.63) is 22.7 Å². The van der Waals surface area contributed by atoms with Crippen molar-refractivity contribution in [2.45, 2.75) is 17.8 Å². The van der Waals surface area contributed by atoms with Gasteiger partial charge in [-0.25, -0.2) is 0 Å². The molecule has 1 aliphatic heterocycles. The van der Waals surface area contributed by atoms with E-state index in [-0.39, 0.29) is 47.2 Å². The molecule has 110 valence electrons. The molecule has 2 N–H and O–H groups in total. The Morgan fingerprint density at radius 1 is 1.55 bits per heavy atom. The number of fused-ring (bicyclic) bond motifs is 1. The van der Waals surface area contributed by atoms with E-state index in [1.807, 2.05) is 0 Å². The van der Waals surface area contributed by atoms with Gasteiger partial charge in [0.25, 0.3) is 0 Å². The number of carboxylic acids is 1. The number of aliphatic carboxylic acids is 1. The number of rotatable bonds is 4. The zero-order valence-corrected chi connectivity index (χ0v) is 11.4. The highest BCUT2D eigenvalue weighted by Crippen LogP contribution is 2.50. The van der Waals surface area contributed by atoms with Gasteiger partial charge >= 0.3 is 12.6 Å². The first kappa shape index (κ1) is 15.1. The lowest BCUT2D eigenvalue weighted by Crippen LogP contribution is -2.37. The Morgan fingerprint density at radius 3 is 2.80 bits per heavy atom. The van der Waals surface area contributed by atoms with Crippen LogP contribution in [0.25, 0.3) is 0 Å². The van der Waals surface area contributed by atoms with E-state index in [0.29, 0.717) is 0 Å². The SMILES string of the molecule is O=C(O)[C@]1(SO)CCOc2c(OC(F)F)cc(Cl)cc21. The first-order chi connectivity index (χ1) is 9.40. The Balaban J connectivity index is 2.62. The van der Waals surface area contributed by atoms with Crippen LogP contribution in [-0.4, -0.2) is 28.8 Å². The van der Waals surface area contributed by atoms with Crippen LogP contribution in [0.5, 0.6) is 11.5 Å². The lowest BCUT2D eigenvalue weighted by atomic mass is 9.91. The van der Waals surface area contributed by atoms with Crippen molar-refractivity contribution >= 4 is 29.6 Å². The zero-order chi connectivity index (χ0) is 14.9. The minimum absolute atomic E-state index is 0.00424. The van der Waals surface area contributed by atoms with Crippen LogP contribution >= 0.6 is 23.6 Å². The van der Waals surface area contributed by atoms with Gasteiger partial charge < -0.3 is 19.1 Å². The molecule has 0 unspecified atom stereocenters. The fourth-order valence-electron chi connectivity index (χ4n) is 1.99. The quantitative estimate of drug-likeness (QED) is 0.827. The first-order valence-electron chi connectivity index (χ1n) is 5.38. The van der Waals surface area contributed by atoms with Gasteiger partial charge in [0.2, 0.25) is 0 Å². The molecule has 0 fully saturated rings. The van der Waals surface area contributed by atoms with Crippen LogP contribution in [0, 0.1) is 0 Å². The summed E-state index contributed by atoms with van der Waals surface area (Å²) in [5.74, 6) is -1.83. The maximum absolute atomic E-state index is 12.4. The predicted octanol–water partition coefficient (Wildman–Crippen LogP) is 3.21. The molecule has 0 saturated carbocycles. The highest BCUT2D eigenvalue weighted by atomic mass is 35.5. The first-order valence-corrected chi connectivity index (χ1v) is 6.53. The van der Waals surface area contributed by atoms with Gasteiger partial charge in [0.1, 0.15) is 0 Å². The van der Waals surface area contributed by atoms with Crippen molar-refractivity contribution in [1.82, 2.24) is 0 Å². The van der Waals surface area contributed by atoms with Gasteiger partial charge in [-0.2, -0.15) is 8.78 Å². The molecule has 0 saturated heterocycles. The van der Waals surface area contributed by atoms with E-state index >= 15 is 0 Å². The number of benzene rings is 1. The number of hydrogen-bond acceptors (Lipinski definition) is 5. The third kappa shape index (κ3) is 2.50. The fourth-order valence-corrected chi connectivity index (χ4v) is 2.70. The molecule has 1 aliphatic rings. The number of carbonyl (C=O) groups is 1. The second-order valence-corrected chi connectivity index (χ2v) is 5.30. The molecule has 0 spiro atoms. The molecule has 1 heterocycles. The van der Waals surface area contributed by atoms with Crippen LogP contribution < -0.4 is 9.47 Å². The second-order valence-electron chi connectivity index (χ2n) is 3.98. The van der Waals surface area contributed by atoms with Crippen LogP contribution in [0.1, 0.15) is 12.0 Å². The maximum atomic E-state index is 12.4. The molecule has 1 atom stereocenters. The minimum Gasteiger partial charge on any atom is -0.489 e. The van der Waals surface area contributed by atoms with Crippen molar-refractivity contribution in [3.8, 4) is 11.5 Å². The summed E-state index contributed by atoms with van der Waals surface area (Å²) in [5, 5.41) is 9.33. The maximum Gasteiger partial charge on any atom is 0.387 e. The average molecular weight is 327 g/mol. The summed E-state index contributed by atoms with van der Waals surface area (Å²) < 4.78 is 41.9. The van der Waals surface area contributed by atoms with Crippen LogP contribution in [-0.2, 0) is 9.54 Å². The molecule has 9 heteroatoms. The number of halogens is 3. The normalized spacial score (nSPS) is 21.2. The average Bonchev–Trinajstić information content (AvgIpc) is 2.37. The van der Waals surface area contributed by atoms with E-state index < -0.39 is 17.3 Å². The number of hydrogen-bond donors (Lipinski definition) is 2. The smallest absolute Gasteiger partial charge is 0.387 e.